The third-order valence-corrected chi connectivity index (χ3v) is 5.15. The number of unbranched alkanes of at least 4 members (excludes halogenated alkanes) is 3. The molecule has 5 nitrogen and oxygen atoms in total. The van der Waals surface area contributed by atoms with Gasteiger partial charge in [0.1, 0.15) is 5.65 Å². The maximum atomic E-state index is 11.1. The van der Waals surface area contributed by atoms with E-state index in [9.17, 15) is 10.1 Å². The van der Waals surface area contributed by atoms with Crippen LogP contribution in [0.5, 0.6) is 0 Å². The summed E-state index contributed by atoms with van der Waals surface area (Å²) in [6.07, 6.45) is 11.0. The normalized spacial score (nSPS) is 11.6. The average molecular weight is 385 g/mol. The summed E-state index contributed by atoms with van der Waals surface area (Å²) in [4.78, 5) is 18.7. The Morgan fingerprint density at radius 1 is 1.07 bits per heavy atom. The number of hydrogen-bond donors (Lipinski definition) is 1. The average Bonchev–Trinajstić information content (AvgIpc) is 3.11. The molecule has 0 fully saturated rings. The van der Waals surface area contributed by atoms with Crippen molar-refractivity contribution >= 4 is 33.7 Å². The van der Waals surface area contributed by atoms with E-state index in [2.05, 4.69) is 41.2 Å². The van der Waals surface area contributed by atoms with E-state index in [0.717, 1.165) is 45.0 Å². The second kappa shape index (κ2) is 8.27. The highest BCUT2D eigenvalue weighted by molar-refractivity contribution is 6.07. The van der Waals surface area contributed by atoms with E-state index >= 15 is 0 Å². The Kier molecular flexibility index (Phi) is 5.38. The number of nitro benzene ring substituents is 1. The quantitative estimate of drug-likeness (QED) is 0.214. The number of pyridine rings is 1. The molecule has 0 aliphatic heterocycles. The van der Waals surface area contributed by atoms with Gasteiger partial charge in [0.25, 0.3) is 5.69 Å². The van der Waals surface area contributed by atoms with Crippen molar-refractivity contribution in [1.82, 2.24) is 9.97 Å². The van der Waals surface area contributed by atoms with Crippen molar-refractivity contribution in [2.45, 2.75) is 32.6 Å². The van der Waals surface area contributed by atoms with E-state index in [4.69, 9.17) is 0 Å². The number of aromatic amines is 1. The molecule has 4 aromatic rings. The van der Waals surface area contributed by atoms with Gasteiger partial charge < -0.3 is 4.98 Å². The topological polar surface area (TPSA) is 71.8 Å². The molecule has 29 heavy (non-hydrogen) atoms. The van der Waals surface area contributed by atoms with Gasteiger partial charge in [0, 0.05) is 34.6 Å². The summed E-state index contributed by atoms with van der Waals surface area (Å²) < 4.78 is 0. The van der Waals surface area contributed by atoms with Gasteiger partial charge in [0.2, 0.25) is 0 Å². The second-order valence-corrected chi connectivity index (χ2v) is 7.26. The highest BCUT2D eigenvalue weighted by Gasteiger charge is 2.10. The monoisotopic (exact) mass is 385 g/mol. The Morgan fingerprint density at radius 3 is 2.76 bits per heavy atom. The van der Waals surface area contributed by atoms with Gasteiger partial charge in [0.15, 0.2) is 0 Å². The first kappa shape index (κ1) is 18.9. The summed E-state index contributed by atoms with van der Waals surface area (Å²) in [5.41, 5.74) is 4.80. The number of aromatic nitrogens is 2. The summed E-state index contributed by atoms with van der Waals surface area (Å²) in [6.45, 7) is 2.21. The van der Waals surface area contributed by atoms with Gasteiger partial charge in [-0.3, -0.25) is 10.1 Å². The number of fused-ring (bicyclic) bond motifs is 3. The zero-order valence-electron chi connectivity index (χ0n) is 16.4. The highest BCUT2D eigenvalue weighted by Crippen LogP contribution is 2.31. The SMILES string of the molecule is CCCCCC=Cc1cnc2[nH]c3ccc(-c4cccc([N+](=O)[O-])c4)cc3c2c1. The lowest BCUT2D eigenvalue weighted by molar-refractivity contribution is -0.384. The van der Waals surface area contributed by atoms with Crippen LogP contribution < -0.4 is 0 Å². The van der Waals surface area contributed by atoms with Crippen molar-refractivity contribution in [1.29, 1.82) is 0 Å². The zero-order chi connectivity index (χ0) is 20.2. The number of nitro groups is 1. The van der Waals surface area contributed by atoms with Crippen LogP contribution in [0.25, 0.3) is 39.1 Å². The molecular formula is C24H23N3O2. The number of allylic oxidation sites excluding steroid dienone is 1. The molecule has 146 valence electrons. The second-order valence-electron chi connectivity index (χ2n) is 7.26. The fourth-order valence-electron chi connectivity index (χ4n) is 3.59. The summed E-state index contributed by atoms with van der Waals surface area (Å²) >= 11 is 0. The molecule has 0 atom stereocenters. The Hall–Kier alpha value is -3.47. The Bertz CT molecular complexity index is 1210. The van der Waals surface area contributed by atoms with E-state index in [1.165, 1.54) is 25.3 Å². The third kappa shape index (κ3) is 4.04. The molecule has 1 N–H and O–H groups in total. The highest BCUT2D eigenvalue weighted by atomic mass is 16.6. The number of non-ortho nitro benzene ring substituents is 1. The molecule has 0 unspecified atom stereocenters. The van der Waals surface area contributed by atoms with Crippen molar-refractivity contribution < 1.29 is 4.92 Å². The molecule has 5 heteroatoms. The van der Waals surface area contributed by atoms with Crippen molar-refractivity contribution in [3.63, 3.8) is 0 Å². The molecule has 0 radical (unpaired) electrons. The minimum Gasteiger partial charge on any atom is -0.339 e. The van der Waals surface area contributed by atoms with Crippen LogP contribution >= 0.6 is 0 Å². The predicted octanol–water partition coefficient (Wildman–Crippen LogP) is 6.88. The van der Waals surface area contributed by atoms with E-state index in [1.807, 2.05) is 24.4 Å². The van der Waals surface area contributed by atoms with Gasteiger partial charge in [-0.25, -0.2) is 4.98 Å². The van der Waals surface area contributed by atoms with Crippen LogP contribution in [0.15, 0.2) is 60.8 Å². The smallest absolute Gasteiger partial charge is 0.270 e. The minimum atomic E-state index is -0.364. The van der Waals surface area contributed by atoms with E-state index < -0.39 is 0 Å². The van der Waals surface area contributed by atoms with Crippen LogP contribution in [0.3, 0.4) is 0 Å². The number of rotatable bonds is 7. The molecule has 0 aliphatic rings. The first-order valence-corrected chi connectivity index (χ1v) is 9.98. The lowest BCUT2D eigenvalue weighted by Gasteiger charge is -2.02. The number of nitrogens with zero attached hydrogens (tertiary/aromatic N) is 2. The summed E-state index contributed by atoms with van der Waals surface area (Å²) in [5.74, 6) is 0. The molecule has 0 bridgehead atoms. The maximum absolute atomic E-state index is 11.1. The summed E-state index contributed by atoms with van der Waals surface area (Å²) in [7, 11) is 0. The molecule has 2 aromatic heterocycles. The maximum Gasteiger partial charge on any atom is 0.270 e. The molecule has 0 amide bonds. The Morgan fingerprint density at radius 2 is 1.93 bits per heavy atom. The third-order valence-electron chi connectivity index (χ3n) is 5.15. The van der Waals surface area contributed by atoms with E-state index in [-0.39, 0.29) is 10.6 Å². The molecule has 0 aliphatic carbocycles. The van der Waals surface area contributed by atoms with Crippen LogP contribution in [0.4, 0.5) is 5.69 Å². The van der Waals surface area contributed by atoms with Crippen molar-refractivity contribution in [2.75, 3.05) is 0 Å². The van der Waals surface area contributed by atoms with Crippen LogP contribution in [-0.2, 0) is 0 Å². The van der Waals surface area contributed by atoms with E-state index in [1.54, 1.807) is 12.1 Å². The fourth-order valence-corrected chi connectivity index (χ4v) is 3.59. The molecule has 2 heterocycles. The predicted molar refractivity (Wildman–Crippen MR) is 119 cm³/mol. The van der Waals surface area contributed by atoms with Crippen LogP contribution in [0.2, 0.25) is 0 Å². The molecule has 0 spiro atoms. The minimum absolute atomic E-state index is 0.0960. The molecule has 2 aromatic carbocycles. The van der Waals surface area contributed by atoms with Gasteiger partial charge >= 0.3 is 0 Å². The lowest BCUT2D eigenvalue weighted by Crippen LogP contribution is -1.88. The molecular weight excluding hydrogens is 362 g/mol. The van der Waals surface area contributed by atoms with Gasteiger partial charge in [-0.15, -0.1) is 0 Å². The molecule has 4 rings (SSSR count). The number of benzene rings is 2. The summed E-state index contributed by atoms with van der Waals surface area (Å²) in [5, 5.41) is 13.2. The zero-order valence-corrected chi connectivity index (χ0v) is 16.4. The van der Waals surface area contributed by atoms with Crippen LogP contribution in [0.1, 0.15) is 38.2 Å². The van der Waals surface area contributed by atoms with Gasteiger partial charge in [0.05, 0.1) is 4.92 Å². The number of hydrogen-bond acceptors (Lipinski definition) is 3. The fraction of sp³-hybridized carbons (Fsp3) is 0.208. The number of H-pyrrole nitrogens is 1. The Labute approximate surface area is 169 Å². The van der Waals surface area contributed by atoms with Crippen molar-refractivity contribution in [3.8, 4) is 11.1 Å². The number of nitrogens with one attached hydrogen (secondary N) is 1. The largest absolute Gasteiger partial charge is 0.339 e. The van der Waals surface area contributed by atoms with Crippen LogP contribution in [-0.4, -0.2) is 14.9 Å². The van der Waals surface area contributed by atoms with Gasteiger partial charge in [-0.1, -0.05) is 50.1 Å². The van der Waals surface area contributed by atoms with Crippen molar-refractivity contribution in [2.24, 2.45) is 0 Å². The molecule has 0 saturated heterocycles. The van der Waals surface area contributed by atoms with Crippen LogP contribution in [0, 0.1) is 10.1 Å². The van der Waals surface area contributed by atoms with Gasteiger partial charge in [-0.2, -0.15) is 0 Å². The first-order valence-electron chi connectivity index (χ1n) is 9.98. The molecule has 0 saturated carbocycles. The Balaban J connectivity index is 1.71. The first-order chi connectivity index (χ1) is 14.2. The lowest BCUT2D eigenvalue weighted by atomic mass is 10.0. The van der Waals surface area contributed by atoms with Crippen molar-refractivity contribution in [3.05, 3.63) is 76.5 Å². The standard InChI is InChI=1S/C24H23N3O2/c1-2-3-4-5-6-8-17-13-22-21-15-19(11-12-23(21)26-24(22)25-16-17)18-9-7-10-20(14-18)27(28)29/h6-16H,2-5H2,1H3,(H,25,26). The summed E-state index contributed by atoms with van der Waals surface area (Å²) in [6, 6.07) is 14.9. The van der Waals surface area contributed by atoms with E-state index in [0.29, 0.717) is 0 Å². The van der Waals surface area contributed by atoms with Gasteiger partial charge in [-0.05, 0) is 47.7 Å².